The van der Waals surface area contributed by atoms with E-state index in [9.17, 15) is 18.0 Å². The zero-order valence-corrected chi connectivity index (χ0v) is 16.6. The quantitative estimate of drug-likeness (QED) is 0.258. The molecule has 1 rings (SSSR count). The van der Waals surface area contributed by atoms with Crippen LogP contribution in [0, 0.1) is 0 Å². The molecule has 5 heteroatoms. The number of halogens is 3. The maximum absolute atomic E-state index is 13.1. The van der Waals surface area contributed by atoms with E-state index in [0.29, 0.717) is 12.8 Å². The van der Waals surface area contributed by atoms with Crippen molar-refractivity contribution in [1.29, 1.82) is 0 Å². The number of alkyl halides is 3. The molecule has 0 N–H and O–H groups in total. The van der Waals surface area contributed by atoms with Crippen molar-refractivity contribution >= 4 is 5.97 Å². The van der Waals surface area contributed by atoms with Crippen molar-refractivity contribution in [2.24, 2.45) is 0 Å². The van der Waals surface area contributed by atoms with Gasteiger partial charge in [0.1, 0.15) is 6.10 Å². The van der Waals surface area contributed by atoms with Gasteiger partial charge in [0.2, 0.25) is 0 Å². The Bertz CT molecular complexity index is 541. The lowest BCUT2D eigenvalue weighted by atomic mass is 10.0. The van der Waals surface area contributed by atoms with E-state index in [2.05, 4.69) is 6.92 Å². The van der Waals surface area contributed by atoms with Gasteiger partial charge in [-0.1, -0.05) is 77.3 Å². The van der Waals surface area contributed by atoms with Crippen molar-refractivity contribution in [3.05, 3.63) is 35.4 Å². The minimum atomic E-state index is -4.56. The molecular weight excluding hydrogens is 353 g/mol. The average Bonchev–Trinajstić information content (AvgIpc) is 2.63. The molecule has 1 unspecified atom stereocenters. The van der Waals surface area contributed by atoms with Gasteiger partial charge in [0.15, 0.2) is 0 Å². The lowest BCUT2D eigenvalue weighted by Gasteiger charge is -2.19. The number of esters is 1. The molecule has 2 nitrogen and oxygen atoms in total. The van der Waals surface area contributed by atoms with E-state index in [4.69, 9.17) is 4.74 Å². The normalized spacial score (nSPS) is 12.8. The van der Waals surface area contributed by atoms with Crippen LogP contribution < -0.4 is 0 Å². The summed E-state index contributed by atoms with van der Waals surface area (Å²) in [7, 11) is 0. The van der Waals surface area contributed by atoms with E-state index >= 15 is 0 Å². The molecule has 0 aromatic heterocycles. The van der Waals surface area contributed by atoms with E-state index in [1.54, 1.807) is 0 Å². The van der Waals surface area contributed by atoms with E-state index in [1.165, 1.54) is 50.3 Å². The Balaban J connectivity index is 2.49. The fourth-order valence-corrected chi connectivity index (χ4v) is 3.21. The summed E-state index contributed by atoms with van der Waals surface area (Å²) in [5.74, 6) is -0.874. The summed E-state index contributed by atoms with van der Waals surface area (Å²) in [6.45, 7) is 4.18. The topological polar surface area (TPSA) is 26.3 Å². The summed E-state index contributed by atoms with van der Waals surface area (Å²) in [5, 5.41) is 0. The molecule has 0 saturated heterocycles. The number of benzene rings is 1. The lowest BCUT2D eigenvalue weighted by molar-refractivity contribution is -0.138. The van der Waals surface area contributed by atoms with E-state index in [0.717, 1.165) is 31.7 Å². The zero-order valence-electron chi connectivity index (χ0n) is 16.6. The van der Waals surface area contributed by atoms with Gasteiger partial charge < -0.3 is 4.74 Å². The Morgan fingerprint density at radius 1 is 0.889 bits per heavy atom. The average molecular weight is 386 g/mol. The first-order chi connectivity index (χ1) is 12.9. The van der Waals surface area contributed by atoms with E-state index < -0.39 is 23.3 Å². The molecule has 0 aliphatic rings. The number of rotatable bonds is 13. The molecule has 0 saturated carbocycles. The third-order valence-electron chi connectivity index (χ3n) is 4.72. The minimum absolute atomic E-state index is 0.316. The Kier molecular flexibility index (Phi) is 11.1. The first-order valence-corrected chi connectivity index (χ1v) is 10.3. The summed E-state index contributed by atoms with van der Waals surface area (Å²) in [4.78, 5) is 12.3. The number of carbonyl (C=O) groups excluding carboxylic acids is 1. The SMILES string of the molecule is CCCCCCCCCCC(CCC)OC(=O)c1ccccc1C(F)(F)F. The zero-order chi connectivity index (χ0) is 20.1. The highest BCUT2D eigenvalue weighted by Gasteiger charge is 2.35. The number of ether oxygens (including phenoxy) is 1. The third-order valence-corrected chi connectivity index (χ3v) is 4.72. The predicted octanol–water partition coefficient (Wildman–Crippen LogP) is 7.56. The summed E-state index contributed by atoms with van der Waals surface area (Å²) >= 11 is 0. The molecule has 1 aromatic carbocycles. The monoisotopic (exact) mass is 386 g/mol. The summed E-state index contributed by atoms with van der Waals surface area (Å²) < 4.78 is 44.7. The molecule has 0 radical (unpaired) electrons. The van der Waals surface area contributed by atoms with Crippen LogP contribution in [0.1, 0.15) is 100 Å². The van der Waals surface area contributed by atoms with Crippen LogP contribution >= 0.6 is 0 Å². The highest BCUT2D eigenvalue weighted by atomic mass is 19.4. The second-order valence-corrected chi connectivity index (χ2v) is 7.12. The molecule has 0 aliphatic heterocycles. The van der Waals surface area contributed by atoms with Gasteiger partial charge in [-0.2, -0.15) is 13.2 Å². The second-order valence-electron chi connectivity index (χ2n) is 7.12. The molecule has 0 aliphatic carbocycles. The number of unbranched alkanes of at least 4 members (excludes halogenated alkanes) is 7. The molecule has 0 heterocycles. The molecule has 0 amide bonds. The second kappa shape index (κ2) is 12.8. The first kappa shape index (κ1) is 23.5. The van der Waals surface area contributed by atoms with Crippen molar-refractivity contribution in [3.63, 3.8) is 0 Å². The smallest absolute Gasteiger partial charge is 0.417 e. The van der Waals surface area contributed by atoms with Crippen molar-refractivity contribution < 1.29 is 22.7 Å². The van der Waals surface area contributed by atoms with Crippen LogP contribution in [-0.4, -0.2) is 12.1 Å². The van der Waals surface area contributed by atoms with Crippen LogP contribution in [0.5, 0.6) is 0 Å². The summed E-state index contributed by atoms with van der Waals surface area (Å²) in [6.07, 6.45) is 6.79. The highest BCUT2D eigenvalue weighted by Crippen LogP contribution is 2.32. The Morgan fingerprint density at radius 3 is 2.07 bits per heavy atom. The standard InChI is InChI=1S/C22H33F3O2/c1-3-5-6-7-8-9-10-11-15-18(14-4-2)27-21(26)19-16-12-13-17-20(19)22(23,24)25/h12-13,16-18H,3-11,14-15H2,1-2H3. The van der Waals surface area contributed by atoms with Gasteiger partial charge in [0.25, 0.3) is 0 Å². The van der Waals surface area contributed by atoms with Crippen molar-refractivity contribution in [3.8, 4) is 0 Å². The van der Waals surface area contributed by atoms with Gasteiger partial charge in [0, 0.05) is 0 Å². The van der Waals surface area contributed by atoms with Crippen LogP contribution in [0.25, 0.3) is 0 Å². The summed E-state index contributed by atoms with van der Waals surface area (Å²) in [5.41, 5.74) is -1.33. The van der Waals surface area contributed by atoms with Gasteiger partial charge in [-0.25, -0.2) is 4.79 Å². The molecule has 154 valence electrons. The fraction of sp³-hybridized carbons (Fsp3) is 0.682. The van der Waals surface area contributed by atoms with Crippen LogP contribution in [0.3, 0.4) is 0 Å². The maximum Gasteiger partial charge on any atom is 0.417 e. The highest BCUT2D eigenvalue weighted by molar-refractivity contribution is 5.91. The predicted molar refractivity (Wildman–Crippen MR) is 103 cm³/mol. The fourth-order valence-electron chi connectivity index (χ4n) is 3.21. The number of hydrogen-bond acceptors (Lipinski definition) is 2. The minimum Gasteiger partial charge on any atom is -0.459 e. The molecule has 0 fully saturated rings. The van der Waals surface area contributed by atoms with Crippen molar-refractivity contribution in [1.82, 2.24) is 0 Å². The number of carbonyl (C=O) groups is 1. The Morgan fingerprint density at radius 2 is 1.48 bits per heavy atom. The first-order valence-electron chi connectivity index (χ1n) is 10.3. The lowest BCUT2D eigenvalue weighted by Crippen LogP contribution is -2.21. The van der Waals surface area contributed by atoms with E-state index in [1.807, 2.05) is 6.92 Å². The molecular formula is C22H33F3O2. The summed E-state index contributed by atoms with van der Waals surface area (Å²) in [6, 6.07) is 4.82. The largest absolute Gasteiger partial charge is 0.459 e. The van der Waals surface area contributed by atoms with Crippen LogP contribution in [0.4, 0.5) is 13.2 Å². The van der Waals surface area contributed by atoms with E-state index in [-0.39, 0.29) is 6.10 Å². The maximum atomic E-state index is 13.1. The molecule has 0 bridgehead atoms. The molecule has 1 atom stereocenters. The Hall–Kier alpha value is -1.52. The Labute approximate surface area is 161 Å². The third kappa shape index (κ3) is 9.30. The van der Waals surface area contributed by atoms with Gasteiger partial charge >= 0.3 is 12.1 Å². The van der Waals surface area contributed by atoms with Gasteiger partial charge in [-0.05, 0) is 31.4 Å². The number of hydrogen-bond donors (Lipinski definition) is 0. The van der Waals surface area contributed by atoms with Gasteiger partial charge in [-0.15, -0.1) is 0 Å². The molecule has 0 spiro atoms. The molecule has 1 aromatic rings. The van der Waals surface area contributed by atoms with Crippen LogP contribution in [-0.2, 0) is 10.9 Å². The van der Waals surface area contributed by atoms with Crippen molar-refractivity contribution in [2.75, 3.05) is 0 Å². The van der Waals surface area contributed by atoms with Crippen molar-refractivity contribution in [2.45, 2.75) is 96.8 Å². The van der Waals surface area contributed by atoms with Crippen LogP contribution in [0.2, 0.25) is 0 Å². The molecule has 27 heavy (non-hydrogen) atoms. The van der Waals surface area contributed by atoms with Gasteiger partial charge in [0.05, 0.1) is 11.1 Å². The van der Waals surface area contributed by atoms with Crippen LogP contribution in [0.15, 0.2) is 24.3 Å². The van der Waals surface area contributed by atoms with Gasteiger partial charge in [-0.3, -0.25) is 0 Å².